The van der Waals surface area contributed by atoms with Crippen LogP contribution in [0.3, 0.4) is 0 Å². The number of fused-ring (bicyclic) bond motifs is 3. The van der Waals surface area contributed by atoms with E-state index in [1.807, 2.05) is 0 Å². The molecule has 4 rings (SSSR count). The van der Waals surface area contributed by atoms with Gasteiger partial charge < -0.3 is 19.8 Å². The van der Waals surface area contributed by atoms with E-state index in [1.165, 1.54) is 4.57 Å². The topological polar surface area (TPSA) is 119 Å². The lowest BCUT2D eigenvalue weighted by molar-refractivity contribution is 0.0695. The number of aromatic hydroxyl groups is 1. The monoisotopic (exact) mass is 345 g/mol. The molecule has 1 aromatic carbocycles. The number of hydrogen-bond donors (Lipinski definition) is 3. The SMILES string of the molecule is N#Cc1[nH]c2c(c1O)c(F)c(F)c1c2c(=O)c(C(=O)O)cn1C1CC1. The normalized spacial score (nSPS) is 14.1. The molecule has 3 N–H and O–H groups in total. The summed E-state index contributed by atoms with van der Waals surface area (Å²) >= 11 is 0. The second kappa shape index (κ2) is 4.80. The zero-order chi connectivity index (χ0) is 18.0. The number of nitriles is 1. The number of pyridine rings is 1. The van der Waals surface area contributed by atoms with Gasteiger partial charge in [-0.05, 0) is 12.8 Å². The Labute approximate surface area is 137 Å². The Kier molecular flexibility index (Phi) is 2.90. The highest BCUT2D eigenvalue weighted by atomic mass is 19.2. The van der Waals surface area contributed by atoms with Gasteiger partial charge in [-0.25, -0.2) is 13.6 Å². The summed E-state index contributed by atoms with van der Waals surface area (Å²) in [6.45, 7) is 0. The highest BCUT2D eigenvalue weighted by Crippen LogP contribution is 2.41. The van der Waals surface area contributed by atoms with Crippen LogP contribution in [0.15, 0.2) is 11.0 Å². The Bertz CT molecular complexity index is 1200. The molecule has 0 spiro atoms. The minimum atomic E-state index is -1.50. The van der Waals surface area contributed by atoms with Crippen molar-refractivity contribution < 1.29 is 23.8 Å². The second-order valence-electron chi connectivity index (χ2n) is 5.88. The van der Waals surface area contributed by atoms with E-state index in [0.29, 0.717) is 12.8 Å². The van der Waals surface area contributed by atoms with Crippen molar-refractivity contribution in [2.75, 3.05) is 0 Å². The number of aromatic amines is 1. The van der Waals surface area contributed by atoms with Crippen LogP contribution in [-0.4, -0.2) is 25.7 Å². The van der Waals surface area contributed by atoms with E-state index in [9.17, 15) is 28.6 Å². The fourth-order valence-electron chi connectivity index (χ4n) is 3.07. The maximum Gasteiger partial charge on any atom is 0.341 e. The Hall–Kier alpha value is -3.41. The van der Waals surface area contributed by atoms with Gasteiger partial charge >= 0.3 is 5.97 Å². The molecular weight excluding hydrogens is 336 g/mol. The van der Waals surface area contributed by atoms with E-state index in [-0.39, 0.29) is 17.1 Å². The first-order chi connectivity index (χ1) is 11.9. The fraction of sp³-hybridized carbons (Fsp3) is 0.188. The van der Waals surface area contributed by atoms with Crippen LogP contribution < -0.4 is 5.43 Å². The number of aromatic nitrogens is 2. The van der Waals surface area contributed by atoms with Gasteiger partial charge in [-0.3, -0.25) is 4.79 Å². The summed E-state index contributed by atoms with van der Waals surface area (Å²) in [5.41, 5.74) is -2.74. The minimum absolute atomic E-state index is 0.244. The molecule has 25 heavy (non-hydrogen) atoms. The van der Waals surface area contributed by atoms with Gasteiger partial charge in [-0.15, -0.1) is 0 Å². The highest BCUT2D eigenvalue weighted by Gasteiger charge is 2.32. The Balaban J connectivity index is 2.35. The molecular formula is C16H9F2N3O4. The van der Waals surface area contributed by atoms with Gasteiger partial charge in [-0.1, -0.05) is 0 Å². The van der Waals surface area contributed by atoms with Crippen molar-refractivity contribution in [3.63, 3.8) is 0 Å². The molecule has 126 valence electrons. The Morgan fingerprint density at radius 3 is 2.56 bits per heavy atom. The third-order valence-electron chi connectivity index (χ3n) is 4.36. The van der Waals surface area contributed by atoms with E-state index >= 15 is 0 Å². The molecule has 9 heteroatoms. The summed E-state index contributed by atoms with van der Waals surface area (Å²) in [5.74, 6) is -5.11. The molecule has 7 nitrogen and oxygen atoms in total. The van der Waals surface area contributed by atoms with Crippen LogP contribution in [0.5, 0.6) is 5.75 Å². The number of halogens is 2. The van der Waals surface area contributed by atoms with Crippen LogP contribution in [0.25, 0.3) is 21.8 Å². The lowest BCUT2D eigenvalue weighted by Gasteiger charge is -2.13. The average Bonchev–Trinajstić information content (AvgIpc) is 3.35. The predicted octanol–water partition coefficient (Wildman–Crippen LogP) is 2.37. The lowest BCUT2D eigenvalue weighted by Crippen LogP contribution is -2.20. The van der Waals surface area contributed by atoms with Gasteiger partial charge in [0.05, 0.1) is 21.8 Å². The quantitative estimate of drug-likeness (QED) is 0.659. The number of hydrogen-bond acceptors (Lipinski definition) is 4. The van der Waals surface area contributed by atoms with Gasteiger partial charge in [0.2, 0.25) is 5.43 Å². The molecule has 2 aromatic heterocycles. The summed E-state index contributed by atoms with van der Waals surface area (Å²) in [5, 5.41) is 27.1. The molecule has 0 saturated heterocycles. The molecule has 1 saturated carbocycles. The van der Waals surface area contributed by atoms with E-state index in [2.05, 4.69) is 4.98 Å². The number of nitrogens with one attached hydrogen (secondary N) is 1. The molecule has 0 atom stereocenters. The molecule has 0 bridgehead atoms. The van der Waals surface area contributed by atoms with Crippen LogP contribution >= 0.6 is 0 Å². The second-order valence-corrected chi connectivity index (χ2v) is 5.88. The maximum absolute atomic E-state index is 14.7. The van der Waals surface area contributed by atoms with Crippen molar-refractivity contribution in [2.45, 2.75) is 18.9 Å². The number of aromatic carboxylic acids is 1. The minimum Gasteiger partial charge on any atom is -0.504 e. The first-order valence-corrected chi connectivity index (χ1v) is 7.30. The molecule has 0 amide bonds. The predicted molar refractivity (Wildman–Crippen MR) is 81.6 cm³/mol. The van der Waals surface area contributed by atoms with E-state index < -0.39 is 50.8 Å². The summed E-state index contributed by atoms with van der Waals surface area (Å²) in [6, 6.07) is 1.34. The number of rotatable bonds is 2. The van der Waals surface area contributed by atoms with Crippen molar-refractivity contribution in [3.05, 3.63) is 39.3 Å². The zero-order valence-corrected chi connectivity index (χ0v) is 12.4. The first kappa shape index (κ1) is 15.1. The summed E-state index contributed by atoms with van der Waals surface area (Å²) < 4.78 is 30.4. The Morgan fingerprint density at radius 2 is 2.00 bits per heavy atom. The smallest absolute Gasteiger partial charge is 0.341 e. The number of carboxylic acids is 1. The third-order valence-corrected chi connectivity index (χ3v) is 4.36. The van der Waals surface area contributed by atoms with E-state index in [4.69, 9.17) is 5.26 Å². The van der Waals surface area contributed by atoms with E-state index in [1.54, 1.807) is 6.07 Å². The van der Waals surface area contributed by atoms with Crippen LogP contribution in [-0.2, 0) is 0 Å². The van der Waals surface area contributed by atoms with Gasteiger partial charge in [0.25, 0.3) is 0 Å². The molecule has 0 aliphatic heterocycles. The zero-order valence-electron chi connectivity index (χ0n) is 12.4. The maximum atomic E-state index is 14.7. The number of carboxylic acid groups (broad SMARTS) is 1. The van der Waals surface area contributed by atoms with Gasteiger partial charge in [0, 0.05) is 12.2 Å². The van der Waals surface area contributed by atoms with Gasteiger partial charge in [0.1, 0.15) is 11.6 Å². The third kappa shape index (κ3) is 1.88. The summed E-state index contributed by atoms with van der Waals surface area (Å²) in [4.78, 5) is 26.4. The standard InChI is InChI=1S/C16H9F2N3O4/c17-10-8-12(20-7(3-19)15(8)23)9-13(11(10)18)21(5-1-2-5)4-6(14(9)22)16(24)25/h4-5,20,23H,1-2H2,(H,24,25). The van der Waals surface area contributed by atoms with Crippen LogP contribution in [0.2, 0.25) is 0 Å². The fourth-order valence-corrected chi connectivity index (χ4v) is 3.07. The van der Waals surface area contributed by atoms with Crippen LogP contribution in [0, 0.1) is 23.0 Å². The number of H-pyrrole nitrogens is 1. The molecule has 1 fully saturated rings. The average molecular weight is 345 g/mol. The van der Waals surface area contributed by atoms with Crippen molar-refractivity contribution in [3.8, 4) is 11.8 Å². The molecule has 1 aliphatic rings. The molecule has 3 aromatic rings. The molecule has 1 aliphatic carbocycles. The van der Waals surface area contributed by atoms with Crippen molar-refractivity contribution in [2.24, 2.45) is 0 Å². The largest absolute Gasteiger partial charge is 0.504 e. The van der Waals surface area contributed by atoms with Crippen molar-refractivity contribution in [1.82, 2.24) is 9.55 Å². The molecule has 2 heterocycles. The van der Waals surface area contributed by atoms with E-state index in [0.717, 1.165) is 6.20 Å². The van der Waals surface area contributed by atoms with Crippen molar-refractivity contribution in [1.29, 1.82) is 5.26 Å². The first-order valence-electron chi connectivity index (χ1n) is 7.30. The number of carbonyl (C=O) groups is 1. The van der Waals surface area contributed by atoms with Crippen LogP contribution in [0.1, 0.15) is 34.9 Å². The highest BCUT2D eigenvalue weighted by molar-refractivity contribution is 6.09. The summed E-state index contributed by atoms with van der Waals surface area (Å²) in [6.07, 6.45) is 2.28. The molecule has 0 radical (unpaired) electrons. The lowest BCUT2D eigenvalue weighted by atomic mass is 10.1. The number of nitrogens with zero attached hydrogens (tertiary/aromatic N) is 2. The van der Waals surface area contributed by atoms with Gasteiger partial charge in [0.15, 0.2) is 23.1 Å². The number of benzene rings is 1. The van der Waals surface area contributed by atoms with Gasteiger partial charge in [-0.2, -0.15) is 5.26 Å². The Morgan fingerprint density at radius 1 is 1.32 bits per heavy atom. The molecule has 0 unspecified atom stereocenters. The van der Waals surface area contributed by atoms with Crippen molar-refractivity contribution >= 4 is 27.8 Å². The van der Waals surface area contributed by atoms with Crippen LogP contribution in [0.4, 0.5) is 8.78 Å². The summed E-state index contributed by atoms with van der Waals surface area (Å²) in [7, 11) is 0.